The van der Waals surface area contributed by atoms with Crippen molar-refractivity contribution in [1.82, 2.24) is 14.8 Å². The molecule has 0 saturated heterocycles. The molecule has 0 saturated carbocycles. The monoisotopic (exact) mass is 374 g/mol. The highest BCUT2D eigenvalue weighted by atomic mass is 16.5. The molecule has 0 aliphatic rings. The van der Waals surface area contributed by atoms with Crippen LogP contribution in [0.25, 0.3) is 21.8 Å². The van der Waals surface area contributed by atoms with Gasteiger partial charge < -0.3 is 10.1 Å². The second-order valence-corrected chi connectivity index (χ2v) is 6.46. The van der Waals surface area contributed by atoms with Gasteiger partial charge in [-0.2, -0.15) is 5.10 Å². The molecule has 1 N–H and O–H groups in total. The van der Waals surface area contributed by atoms with E-state index in [2.05, 4.69) is 15.4 Å². The van der Waals surface area contributed by atoms with Gasteiger partial charge in [0.1, 0.15) is 0 Å². The van der Waals surface area contributed by atoms with E-state index in [4.69, 9.17) is 4.74 Å². The van der Waals surface area contributed by atoms with E-state index in [1.807, 2.05) is 49.4 Å². The number of esters is 1. The van der Waals surface area contributed by atoms with Crippen LogP contribution in [0.2, 0.25) is 0 Å². The number of nitrogens with zero attached hydrogens (tertiary/aromatic N) is 3. The van der Waals surface area contributed by atoms with Crippen molar-refractivity contribution in [2.75, 3.05) is 11.9 Å². The first-order valence-electron chi connectivity index (χ1n) is 8.77. The Hall–Kier alpha value is -3.74. The Balaban J connectivity index is 1.44. The van der Waals surface area contributed by atoms with Crippen LogP contribution >= 0.6 is 0 Å². The molecular formula is C21H18N4O3. The van der Waals surface area contributed by atoms with Crippen LogP contribution < -0.4 is 5.32 Å². The highest BCUT2D eigenvalue weighted by molar-refractivity contribution is 6.03. The maximum Gasteiger partial charge on any atom is 0.340 e. The van der Waals surface area contributed by atoms with Crippen LogP contribution in [0.3, 0.4) is 0 Å². The quantitative estimate of drug-likeness (QED) is 0.554. The molecule has 0 atom stereocenters. The van der Waals surface area contributed by atoms with E-state index in [0.717, 1.165) is 21.9 Å². The molecule has 0 radical (unpaired) electrons. The van der Waals surface area contributed by atoms with Crippen molar-refractivity contribution in [2.45, 2.75) is 6.92 Å². The van der Waals surface area contributed by atoms with Gasteiger partial charge >= 0.3 is 5.97 Å². The van der Waals surface area contributed by atoms with Gasteiger partial charge in [-0.15, -0.1) is 0 Å². The number of aromatic nitrogens is 3. The SMILES string of the molecule is Cc1nn(C)c2ncc(C(=O)OCC(=O)Nc3cccc4ccccc34)cc12. The predicted octanol–water partition coefficient (Wildman–Crippen LogP) is 3.23. The maximum absolute atomic E-state index is 12.3. The summed E-state index contributed by atoms with van der Waals surface area (Å²) in [5.41, 5.74) is 2.41. The number of benzene rings is 2. The van der Waals surface area contributed by atoms with E-state index in [1.165, 1.54) is 6.20 Å². The van der Waals surface area contributed by atoms with E-state index in [1.54, 1.807) is 17.8 Å². The first-order chi connectivity index (χ1) is 13.5. The molecule has 7 nitrogen and oxygen atoms in total. The molecule has 2 heterocycles. The van der Waals surface area contributed by atoms with E-state index >= 15 is 0 Å². The summed E-state index contributed by atoms with van der Waals surface area (Å²) >= 11 is 0. The molecule has 4 rings (SSSR count). The van der Waals surface area contributed by atoms with Crippen LogP contribution in [-0.4, -0.2) is 33.2 Å². The van der Waals surface area contributed by atoms with Crippen LogP contribution in [0.5, 0.6) is 0 Å². The highest BCUT2D eigenvalue weighted by Gasteiger charge is 2.15. The fraction of sp³-hybridized carbons (Fsp3) is 0.143. The number of fused-ring (bicyclic) bond motifs is 2. The summed E-state index contributed by atoms with van der Waals surface area (Å²) in [4.78, 5) is 28.8. The molecule has 1 amide bonds. The fourth-order valence-electron chi connectivity index (χ4n) is 3.15. The molecule has 0 fully saturated rings. The van der Waals surface area contributed by atoms with Crippen LogP contribution in [-0.2, 0) is 16.6 Å². The van der Waals surface area contributed by atoms with Gasteiger partial charge in [0.2, 0.25) is 0 Å². The number of rotatable bonds is 4. The van der Waals surface area contributed by atoms with Gasteiger partial charge in [0.15, 0.2) is 12.3 Å². The number of anilines is 1. The third-order valence-corrected chi connectivity index (χ3v) is 4.50. The minimum atomic E-state index is -0.606. The second kappa shape index (κ2) is 7.11. The largest absolute Gasteiger partial charge is 0.452 e. The summed E-state index contributed by atoms with van der Waals surface area (Å²) < 4.78 is 6.80. The lowest BCUT2D eigenvalue weighted by Gasteiger charge is -2.09. The first-order valence-corrected chi connectivity index (χ1v) is 8.77. The van der Waals surface area contributed by atoms with Gasteiger partial charge in [-0.05, 0) is 24.4 Å². The summed E-state index contributed by atoms with van der Waals surface area (Å²) in [6.07, 6.45) is 1.42. The van der Waals surface area contributed by atoms with E-state index < -0.39 is 11.9 Å². The molecule has 4 aromatic rings. The average molecular weight is 374 g/mol. The number of hydrogen-bond acceptors (Lipinski definition) is 5. The Kier molecular flexibility index (Phi) is 4.49. The molecule has 140 valence electrons. The van der Waals surface area contributed by atoms with Crippen LogP contribution in [0.4, 0.5) is 5.69 Å². The predicted molar refractivity (Wildman–Crippen MR) is 106 cm³/mol. The lowest BCUT2D eigenvalue weighted by molar-refractivity contribution is -0.119. The number of aryl methyl sites for hydroxylation is 2. The zero-order chi connectivity index (χ0) is 19.7. The van der Waals surface area contributed by atoms with Crippen molar-refractivity contribution in [3.05, 3.63) is 66.0 Å². The normalized spacial score (nSPS) is 10.9. The first kappa shape index (κ1) is 17.7. The number of hydrogen-bond donors (Lipinski definition) is 1. The molecule has 0 aliphatic heterocycles. The van der Waals surface area contributed by atoms with Gasteiger partial charge in [-0.3, -0.25) is 9.48 Å². The topological polar surface area (TPSA) is 86.1 Å². The van der Waals surface area contributed by atoms with Crippen molar-refractivity contribution in [2.24, 2.45) is 7.05 Å². The Morgan fingerprint density at radius 2 is 1.89 bits per heavy atom. The molecule has 0 unspecified atom stereocenters. The Bertz CT molecular complexity index is 1210. The summed E-state index contributed by atoms with van der Waals surface area (Å²) in [5, 5.41) is 9.78. The molecule has 0 spiro atoms. The van der Waals surface area contributed by atoms with Gasteiger partial charge in [-0.25, -0.2) is 9.78 Å². The molecule has 7 heteroatoms. The van der Waals surface area contributed by atoms with Crippen molar-refractivity contribution in [1.29, 1.82) is 0 Å². The molecule has 2 aromatic carbocycles. The third kappa shape index (κ3) is 3.29. The molecule has 2 aromatic heterocycles. The second-order valence-electron chi connectivity index (χ2n) is 6.46. The molecule has 0 bridgehead atoms. The van der Waals surface area contributed by atoms with E-state index in [9.17, 15) is 9.59 Å². The van der Waals surface area contributed by atoms with Crippen molar-refractivity contribution in [3.63, 3.8) is 0 Å². The van der Waals surface area contributed by atoms with Gasteiger partial charge in [0.05, 0.1) is 11.3 Å². The lowest BCUT2D eigenvalue weighted by Crippen LogP contribution is -2.21. The van der Waals surface area contributed by atoms with Crippen LogP contribution in [0.1, 0.15) is 16.1 Å². The minimum Gasteiger partial charge on any atom is -0.452 e. The van der Waals surface area contributed by atoms with E-state index in [-0.39, 0.29) is 12.2 Å². The number of ether oxygens (including phenoxy) is 1. The zero-order valence-electron chi connectivity index (χ0n) is 15.5. The Morgan fingerprint density at radius 3 is 2.75 bits per heavy atom. The standard InChI is InChI=1S/C21H18N4O3/c1-13-17-10-15(11-22-20(17)25(2)24-13)21(27)28-12-19(26)23-18-9-5-7-14-6-3-4-8-16(14)18/h3-11H,12H2,1-2H3,(H,23,26). The van der Waals surface area contributed by atoms with Crippen LogP contribution in [0, 0.1) is 6.92 Å². The summed E-state index contributed by atoms with van der Waals surface area (Å²) in [7, 11) is 1.79. The van der Waals surface area contributed by atoms with Gasteiger partial charge in [0.25, 0.3) is 5.91 Å². The average Bonchev–Trinajstić information content (AvgIpc) is 2.99. The minimum absolute atomic E-state index is 0.279. The summed E-state index contributed by atoms with van der Waals surface area (Å²) in [6, 6.07) is 15.0. The van der Waals surface area contributed by atoms with Crippen molar-refractivity contribution in [3.8, 4) is 0 Å². The molecule has 28 heavy (non-hydrogen) atoms. The van der Waals surface area contributed by atoms with Gasteiger partial charge in [-0.1, -0.05) is 36.4 Å². The smallest absolute Gasteiger partial charge is 0.340 e. The van der Waals surface area contributed by atoms with E-state index in [0.29, 0.717) is 11.3 Å². The maximum atomic E-state index is 12.3. The Morgan fingerprint density at radius 1 is 1.11 bits per heavy atom. The third-order valence-electron chi connectivity index (χ3n) is 4.50. The zero-order valence-corrected chi connectivity index (χ0v) is 15.5. The fourth-order valence-corrected chi connectivity index (χ4v) is 3.15. The molecule has 0 aliphatic carbocycles. The number of carbonyl (C=O) groups excluding carboxylic acids is 2. The highest BCUT2D eigenvalue weighted by Crippen LogP contribution is 2.23. The van der Waals surface area contributed by atoms with Crippen LogP contribution in [0.15, 0.2) is 54.7 Å². The number of nitrogens with one attached hydrogen (secondary N) is 1. The number of pyridine rings is 1. The lowest BCUT2D eigenvalue weighted by atomic mass is 10.1. The number of amides is 1. The van der Waals surface area contributed by atoms with Crippen molar-refractivity contribution >= 4 is 39.4 Å². The Labute approximate surface area is 160 Å². The van der Waals surface area contributed by atoms with Gasteiger partial charge in [0, 0.05) is 29.7 Å². The summed E-state index contributed by atoms with van der Waals surface area (Å²) in [5.74, 6) is -1.01. The molecular weight excluding hydrogens is 356 g/mol. The summed E-state index contributed by atoms with van der Waals surface area (Å²) in [6.45, 7) is 1.46. The number of carbonyl (C=O) groups is 2. The van der Waals surface area contributed by atoms with Crippen molar-refractivity contribution < 1.29 is 14.3 Å².